The van der Waals surface area contributed by atoms with Crippen molar-refractivity contribution in [1.82, 2.24) is 0 Å². The Labute approximate surface area is 113 Å². The molecule has 0 amide bonds. The van der Waals surface area contributed by atoms with Gasteiger partial charge in [0.25, 0.3) is 0 Å². The van der Waals surface area contributed by atoms with Gasteiger partial charge < -0.3 is 9.84 Å². The normalized spacial score (nSPS) is 10.3. The lowest BCUT2D eigenvalue weighted by molar-refractivity contribution is -0.136. The number of ether oxygens (including phenoxy) is 1. The third-order valence-electron chi connectivity index (χ3n) is 2.42. The average Bonchev–Trinajstić information content (AvgIpc) is 2.35. The Kier molecular flexibility index (Phi) is 7.34. The summed E-state index contributed by atoms with van der Waals surface area (Å²) in [4.78, 5) is 10.5. The number of carbonyl (C=O) groups is 1. The van der Waals surface area contributed by atoms with Gasteiger partial charge in [0, 0.05) is 5.75 Å². The molecule has 0 aliphatic heterocycles. The lowest BCUT2D eigenvalue weighted by atomic mass is 10.1. The number of hydrogen-bond donors (Lipinski definition) is 1. The third-order valence-corrected chi connectivity index (χ3v) is 3.45. The monoisotopic (exact) mass is 268 g/mol. The highest BCUT2D eigenvalue weighted by molar-refractivity contribution is 7.99. The van der Waals surface area contributed by atoms with Crippen LogP contribution < -0.4 is 4.74 Å². The fourth-order valence-electron chi connectivity index (χ4n) is 1.45. The van der Waals surface area contributed by atoms with E-state index in [2.05, 4.69) is 6.92 Å². The molecular formula is C14H20O3S. The van der Waals surface area contributed by atoms with E-state index in [0.717, 1.165) is 17.1 Å². The van der Waals surface area contributed by atoms with E-state index in [9.17, 15) is 4.79 Å². The smallest absolute Gasteiger partial charge is 0.307 e. The molecule has 0 unspecified atom stereocenters. The number of unbranched alkanes of at least 4 members (excludes halogenated alkanes) is 1. The van der Waals surface area contributed by atoms with Crippen molar-refractivity contribution in [2.45, 2.75) is 26.2 Å². The van der Waals surface area contributed by atoms with Gasteiger partial charge in [-0.3, -0.25) is 4.79 Å². The molecule has 0 atom stereocenters. The summed E-state index contributed by atoms with van der Waals surface area (Å²) in [5.74, 6) is 2.19. The summed E-state index contributed by atoms with van der Waals surface area (Å²) in [6.45, 7) is 2.89. The molecule has 0 radical (unpaired) electrons. The predicted octanol–water partition coefficient (Wildman–Crippen LogP) is 3.23. The van der Waals surface area contributed by atoms with Gasteiger partial charge in [-0.1, -0.05) is 25.5 Å². The number of carboxylic acids is 1. The summed E-state index contributed by atoms with van der Waals surface area (Å²) >= 11 is 1.91. The summed E-state index contributed by atoms with van der Waals surface area (Å²) in [6.07, 6.45) is 2.56. The zero-order valence-electron chi connectivity index (χ0n) is 10.7. The zero-order valence-corrected chi connectivity index (χ0v) is 11.5. The molecule has 100 valence electrons. The minimum Gasteiger partial charge on any atom is -0.493 e. The van der Waals surface area contributed by atoms with Crippen molar-refractivity contribution in [1.29, 1.82) is 0 Å². The largest absolute Gasteiger partial charge is 0.493 e. The molecule has 0 bridgehead atoms. The van der Waals surface area contributed by atoms with E-state index in [1.807, 2.05) is 23.9 Å². The second-order valence-corrected chi connectivity index (χ2v) is 5.25. The molecule has 1 N–H and O–H groups in total. The molecule has 0 saturated carbocycles. The van der Waals surface area contributed by atoms with Crippen LogP contribution >= 0.6 is 11.8 Å². The topological polar surface area (TPSA) is 46.5 Å². The van der Waals surface area contributed by atoms with E-state index in [-0.39, 0.29) is 6.42 Å². The van der Waals surface area contributed by atoms with Crippen molar-refractivity contribution < 1.29 is 14.6 Å². The summed E-state index contributed by atoms with van der Waals surface area (Å²) in [5.41, 5.74) is 0.798. The highest BCUT2D eigenvalue weighted by Gasteiger charge is 2.00. The highest BCUT2D eigenvalue weighted by Crippen LogP contribution is 2.13. The molecule has 3 nitrogen and oxygen atoms in total. The van der Waals surface area contributed by atoms with Crippen LogP contribution in [0, 0.1) is 0 Å². The quantitative estimate of drug-likeness (QED) is 0.698. The van der Waals surface area contributed by atoms with Crippen LogP contribution in [0.2, 0.25) is 0 Å². The first-order chi connectivity index (χ1) is 8.72. The van der Waals surface area contributed by atoms with Crippen LogP contribution in [-0.4, -0.2) is 29.2 Å². The van der Waals surface area contributed by atoms with Crippen LogP contribution in [0.5, 0.6) is 5.75 Å². The highest BCUT2D eigenvalue weighted by atomic mass is 32.2. The molecule has 0 heterocycles. The lowest BCUT2D eigenvalue weighted by Gasteiger charge is -2.06. The van der Waals surface area contributed by atoms with Crippen molar-refractivity contribution in [3.05, 3.63) is 29.8 Å². The lowest BCUT2D eigenvalue weighted by Crippen LogP contribution is -2.02. The van der Waals surface area contributed by atoms with Gasteiger partial charge in [0.05, 0.1) is 13.0 Å². The Bertz CT molecular complexity index is 349. The van der Waals surface area contributed by atoms with Crippen LogP contribution in [0.15, 0.2) is 24.3 Å². The molecule has 0 aromatic heterocycles. The van der Waals surface area contributed by atoms with E-state index in [4.69, 9.17) is 9.84 Å². The molecule has 1 rings (SSSR count). The van der Waals surface area contributed by atoms with Gasteiger partial charge in [-0.15, -0.1) is 0 Å². The van der Waals surface area contributed by atoms with E-state index in [1.165, 1.54) is 18.6 Å². The Balaban J connectivity index is 2.20. The van der Waals surface area contributed by atoms with E-state index >= 15 is 0 Å². The second-order valence-electron chi connectivity index (χ2n) is 4.03. The molecule has 0 saturated heterocycles. The van der Waals surface area contributed by atoms with Gasteiger partial charge in [0.1, 0.15) is 5.75 Å². The van der Waals surface area contributed by atoms with Crippen LogP contribution in [0.1, 0.15) is 25.3 Å². The van der Waals surface area contributed by atoms with Gasteiger partial charge in [-0.05, 0) is 29.9 Å². The summed E-state index contributed by atoms with van der Waals surface area (Å²) in [5, 5.41) is 8.65. The van der Waals surface area contributed by atoms with E-state index < -0.39 is 5.97 Å². The van der Waals surface area contributed by atoms with Gasteiger partial charge in [-0.25, -0.2) is 0 Å². The Morgan fingerprint density at radius 2 is 2.00 bits per heavy atom. The molecule has 1 aromatic rings. The molecule has 0 spiro atoms. The molecular weight excluding hydrogens is 248 g/mol. The summed E-state index contributed by atoms with van der Waals surface area (Å²) in [7, 11) is 0. The number of hydrogen-bond acceptors (Lipinski definition) is 3. The predicted molar refractivity (Wildman–Crippen MR) is 75.5 cm³/mol. The number of carboxylic acid groups (broad SMARTS) is 1. The van der Waals surface area contributed by atoms with Gasteiger partial charge >= 0.3 is 5.97 Å². The van der Waals surface area contributed by atoms with Crippen LogP contribution in [0.25, 0.3) is 0 Å². The van der Waals surface area contributed by atoms with Crippen LogP contribution in [0.3, 0.4) is 0 Å². The van der Waals surface area contributed by atoms with Crippen molar-refractivity contribution in [3.63, 3.8) is 0 Å². The van der Waals surface area contributed by atoms with E-state index in [1.54, 1.807) is 12.1 Å². The van der Waals surface area contributed by atoms with Crippen LogP contribution in [0.4, 0.5) is 0 Å². The number of benzene rings is 1. The molecule has 0 aliphatic rings. The van der Waals surface area contributed by atoms with Crippen LogP contribution in [-0.2, 0) is 11.2 Å². The standard InChI is InChI=1S/C14H20O3S/c1-2-3-9-18-10-8-17-13-6-4-12(5-7-13)11-14(15)16/h4-7H,2-3,8-11H2,1H3,(H,15,16). The molecule has 18 heavy (non-hydrogen) atoms. The van der Waals surface area contributed by atoms with Gasteiger partial charge in [0.15, 0.2) is 0 Å². The van der Waals surface area contributed by atoms with E-state index in [0.29, 0.717) is 6.61 Å². The third kappa shape index (κ3) is 6.55. The molecule has 4 heteroatoms. The molecule has 1 aromatic carbocycles. The first-order valence-corrected chi connectivity index (χ1v) is 7.39. The number of thioether (sulfide) groups is 1. The fourth-order valence-corrected chi connectivity index (χ4v) is 2.34. The number of aliphatic carboxylic acids is 1. The fraction of sp³-hybridized carbons (Fsp3) is 0.500. The Morgan fingerprint density at radius 3 is 2.61 bits per heavy atom. The maximum absolute atomic E-state index is 10.5. The first kappa shape index (κ1) is 14.9. The molecule has 0 aliphatic carbocycles. The van der Waals surface area contributed by atoms with Gasteiger partial charge in [0.2, 0.25) is 0 Å². The minimum absolute atomic E-state index is 0.0626. The SMILES string of the molecule is CCCCSCCOc1ccc(CC(=O)O)cc1. The number of rotatable bonds is 9. The van der Waals surface area contributed by atoms with Crippen molar-refractivity contribution in [2.75, 3.05) is 18.1 Å². The van der Waals surface area contributed by atoms with Crippen molar-refractivity contribution in [2.24, 2.45) is 0 Å². The minimum atomic E-state index is -0.809. The molecule has 0 fully saturated rings. The Morgan fingerprint density at radius 1 is 1.28 bits per heavy atom. The second kappa shape index (κ2) is 8.86. The zero-order chi connectivity index (χ0) is 13.2. The first-order valence-electron chi connectivity index (χ1n) is 6.23. The summed E-state index contributed by atoms with van der Waals surface area (Å²) < 4.78 is 5.58. The van der Waals surface area contributed by atoms with Gasteiger partial charge in [-0.2, -0.15) is 11.8 Å². The average molecular weight is 268 g/mol. The summed E-state index contributed by atoms with van der Waals surface area (Å²) in [6, 6.07) is 7.26. The maximum atomic E-state index is 10.5. The van der Waals surface area contributed by atoms with Crippen molar-refractivity contribution in [3.8, 4) is 5.75 Å². The maximum Gasteiger partial charge on any atom is 0.307 e. The van der Waals surface area contributed by atoms with Crippen molar-refractivity contribution >= 4 is 17.7 Å². The Hall–Kier alpha value is -1.16.